The number of methoxy groups -OCH3 is 1. The molecule has 27 heavy (non-hydrogen) atoms. The van der Waals surface area contributed by atoms with Crippen molar-refractivity contribution in [1.29, 1.82) is 0 Å². The molecule has 0 bridgehead atoms. The van der Waals surface area contributed by atoms with Gasteiger partial charge in [0.15, 0.2) is 5.78 Å². The number of carbonyl (C=O) groups is 2. The maximum Gasteiger partial charge on any atom is 0.267 e. The van der Waals surface area contributed by atoms with Gasteiger partial charge < -0.3 is 14.6 Å². The number of benzene rings is 1. The standard InChI is InChI=1S/C21H27N3O3/c1-15(25)17-12-19(23(2)14-17)21(26)22-13-20(24-9-4-5-10-24)16-7-6-8-18(11-16)27-3/h6-8,11-12,14,20H,4-5,9-10,13H2,1-3H3,(H,22,26). The van der Waals surface area contributed by atoms with E-state index in [1.807, 2.05) is 18.2 Å². The maximum atomic E-state index is 12.7. The Morgan fingerprint density at radius 3 is 2.59 bits per heavy atom. The highest BCUT2D eigenvalue weighted by Crippen LogP contribution is 2.27. The normalized spacial score (nSPS) is 15.5. The van der Waals surface area contributed by atoms with Gasteiger partial charge in [0.1, 0.15) is 11.4 Å². The van der Waals surface area contributed by atoms with Gasteiger partial charge in [-0.25, -0.2) is 0 Å². The zero-order chi connectivity index (χ0) is 19.4. The monoisotopic (exact) mass is 369 g/mol. The van der Waals surface area contributed by atoms with Crippen molar-refractivity contribution in [1.82, 2.24) is 14.8 Å². The molecule has 1 aromatic heterocycles. The predicted molar refractivity (Wildman–Crippen MR) is 104 cm³/mol. The van der Waals surface area contributed by atoms with Gasteiger partial charge in [-0.15, -0.1) is 0 Å². The summed E-state index contributed by atoms with van der Waals surface area (Å²) >= 11 is 0. The van der Waals surface area contributed by atoms with Crippen molar-refractivity contribution in [3.63, 3.8) is 0 Å². The summed E-state index contributed by atoms with van der Waals surface area (Å²) in [6, 6.07) is 9.76. The minimum absolute atomic E-state index is 0.0454. The molecule has 0 radical (unpaired) electrons. The molecule has 1 aromatic carbocycles. The third kappa shape index (κ3) is 4.39. The number of ether oxygens (including phenoxy) is 1. The maximum absolute atomic E-state index is 12.7. The predicted octanol–water partition coefficient (Wildman–Crippen LogP) is 2.80. The Morgan fingerprint density at radius 1 is 1.22 bits per heavy atom. The highest BCUT2D eigenvalue weighted by atomic mass is 16.5. The molecule has 1 aliphatic heterocycles. The van der Waals surface area contributed by atoms with E-state index in [9.17, 15) is 9.59 Å². The van der Waals surface area contributed by atoms with Gasteiger partial charge in [0.05, 0.1) is 13.2 Å². The van der Waals surface area contributed by atoms with Crippen molar-refractivity contribution in [2.75, 3.05) is 26.7 Å². The molecule has 1 amide bonds. The number of rotatable bonds is 7. The third-order valence-electron chi connectivity index (χ3n) is 5.16. The average molecular weight is 369 g/mol. The topological polar surface area (TPSA) is 63.6 Å². The van der Waals surface area contributed by atoms with Gasteiger partial charge in [-0.3, -0.25) is 14.5 Å². The minimum Gasteiger partial charge on any atom is -0.497 e. The number of likely N-dealkylation sites (tertiary alicyclic amines) is 1. The average Bonchev–Trinajstić information content (AvgIpc) is 3.32. The molecule has 3 rings (SSSR count). The second-order valence-electron chi connectivity index (χ2n) is 7.03. The SMILES string of the molecule is COc1cccc(C(CNC(=O)c2cc(C(C)=O)cn2C)N2CCCC2)c1. The van der Waals surface area contributed by atoms with E-state index < -0.39 is 0 Å². The Morgan fingerprint density at radius 2 is 1.96 bits per heavy atom. The number of ketones is 1. The van der Waals surface area contributed by atoms with Gasteiger partial charge in [-0.1, -0.05) is 12.1 Å². The number of nitrogens with one attached hydrogen (secondary N) is 1. The largest absolute Gasteiger partial charge is 0.497 e. The zero-order valence-electron chi connectivity index (χ0n) is 16.2. The van der Waals surface area contributed by atoms with E-state index in [0.717, 1.165) is 24.4 Å². The fourth-order valence-corrected chi connectivity index (χ4v) is 3.62. The summed E-state index contributed by atoms with van der Waals surface area (Å²) < 4.78 is 7.06. The highest BCUT2D eigenvalue weighted by Gasteiger charge is 2.25. The van der Waals surface area contributed by atoms with Gasteiger partial charge in [-0.2, -0.15) is 0 Å². The number of aromatic nitrogens is 1. The first-order chi connectivity index (χ1) is 13.0. The van der Waals surface area contributed by atoms with Crippen LogP contribution in [0.3, 0.4) is 0 Å². The van der Waals surface area contributed by atoms with Crippen molar-refractivity contribution in [3.05, 3.63) is 53.3 Å². The number of aryl methyl sites for hydroxylation is 1. The molecule has 1 aliphatic rings. The van der Waals surface area contributed by atoms with E-state index in [0.29, 0.717) is 17.8 Å². The molecule has 6 heteroatoms. The quantitative estimate of drug-likeness (QED) is 0.763. The van der Waals surface area contributed by atoms with Crippen LogP contribution in [0.15, 0.2) is 36.5 Å². The molecule has 0 saturated carbocycles. The molecule has 1 N–H and O–H groups in total. The first-order valence-corrected chi connectivity index (χ1v) is 9.33. The van der Waals surface area contributed by atoms with E-state index in [-0.39, 0.29) is 17.7 Å². The fourth-order valence-electron chi connectivity index (χ4n) is 3.62. The number of hydrogen-bond donors (Lipinski definition) is 1. The Labute approximate surface area is 160 Å². The lowest BCUT2D eigenvalue weighted by Gasteiger charge is -2.28. The molecule has 2 heterocycles. The van der Waals surface area contributed by atoms with Crippen LogP contribution in [0.5, 0.6) is 5.75 Å². The number of nitrogens with zero attached hydrogens (tertiary/aromatic N) is 2. The summed E-state index contributed by atoms with van der Waals surface area (Å²) in [4.78, 5) is 26.6. The molecule has 1 fully saturated rings. The molecule has 6 nitrogen and oxygen atoms in total. The van der Waals surface area contributed by atoms with E-state index in [1.54, 1.807) is 31.0 Å². The van der Waals surface area contributed by atoms with Crippen molar-refractivity contribution >= 4 is 11.7 Å². The molecular weight excluding hydrogens is 342 g/mol. The molecule has 0 spiro atoms. The van der Waals surface area contributed by atoms with Crippen LogP contribution in [0.2, 0.25) is 0 Å². The van der Waals surface area contributed by atoms with E-state index in [1.165, 1.54) is 19.8 Å². The lowest BCUT2D eigenvalue weighted by molar-refractivity contribution is 0.0929. The summed E-state index contributed by atoms with van der Waals surface area (Å²) in [5.41, 5.74) is 2.17. The summed E-state index contributed by atoms with van der Waals surface area (Å²) in [6.45, 7) is 4.06. The molecule has 1 atom stereocenters. The van der Waals surface area contributed by atoms with Crippen LogP contribution in [0, 0.1) is 0 Å². The molecule has 1 unspecified atom stereocenters. The third-order valence-corrected chi connectivity index (χ3v) is 5.16. The molecular formula is C21H27N3O3. The summed E-state index contributed by atoms with van der Waals surface area (Å²) in [5, 5.41) is 3.05. The first-order valence-electron chi connectivity index (χ1n) is 9.33. The summed E-state index contributed by atoms with van der Waals surface area (Å²) in [5.74, 6) is 0.602. The number of amides is 1. The van der Waals surface area contributed by atoms with Crippen LogP contribution < -0.4 is 10.1 Å². The Balaban J connectivity index is 1.76. The lowest BCUT2D eigenvalue weighted by atomic mass is 10.0. The number of Topliss-reactive ketones (excluding diaryl/α,β-unsaturated/α-hetero) is 1. The van der Waals surface area contributed by atoms with E-state index in [2.05, 4.69) is 16.3 Å². The Hall–Kier alpha value is -2.60. The minimum atomic E-state index is -0.169. The smallest absolute Gasteiger partial charge is 0.267 e. The molecule has 0 aliphatic carbocycles. The lowest BCUT2D eigenvalue weighted by Crippen LogP contribution is -2.37. The molecule has 2 aromatic rings. The van der Waals surface area contributed by atoms with Gasteiger partial charge in [0.25, 0.3) is 5.91 Å². The Kier molecular flexibility index (Phi) is 5.96. The van der Waals surface area contributed by atoms with Crippen molar-refractivity contribution in [2.45, 2.75) is 25.8 Å². The van der Waals surface area contributed by atoms with Gasteiger partial charge in [0.2, 0.25) is 0 Å². The van der Waals surface area contributed by atoms with Crippen LogP contribution in [0.4, 0.5) is 0 Å². The van der Waals surface area contributed by atoms with Gasteiger partial charge >= 0.3 is 0 Å². The number of hydrogen-bond acceptors (Lipinski definition) is 4. The van der Waals surface area contributed by atoms with Crippen LogP contribution >= 0.6 is 0 Å². The second kappa shape index (κ2) is 8.39. The van der Waals surface area contributed by atoms with Crippen LogP contribution in [-0.4, -0.2) is 47.9 Å². The molecule has 144 valence electrons. The van der Waals surface area contributed by atoms with Crippen LogP contribution in [0.25, 0.3) is 0 Å². The fraction of sp³-hybridized carbons (Fsp3) is 0.429. The Bertz CT molecular complexity index is 822. The molecule has 1 saturated heterocycles. The van der Waals surface area contributed by atoms with E-state index in [4.69, 9.17) is 4.74 Å². The van der Waals surface area contributed by atoms with Crippen molar-refractivity contribution < 1.29 is 14.3 Å². The second-order valence-corrected chi connectivity index (χ2v) is 7.03. The van der Waals surface area contributed by atoms with E-state index >= 15 is 0 Å². The van der Waals surface area contributed by atoms with Gasteiger partial charge in [0, 0.05) is 25.4 Å². The van der Waals surface area contributed by atoms with Crippen LogP contribution in [-0.2, 0) is 7.05 Å². The van der Waals surface area contributed by atoms with Crippen molar-refractivity contribution in [2.24, 2.45) is 7.05 Å². The van der Waals surface area contributed by atoms with Gasteiger partial charge in [-0.05, 0) is 56.6 Å². The summed E-state index contributed by atoms with van der Waals surface area (Å²) in [7, 11) is 3.44. The number of carbonyl (C=O) groups excluding carboxylic acids is 2. The summed E-state index contributed by atoms with van der Waals surface area (Å²) in [6.07, 6.45) is 4.04. The first kappa shape index (κ1) is 19.2. The van der Waals surface area contributed by atoms with Crippen LogP contribution in [0.1, 0.15) is 52.2 Å². The zero-order valence-corrected chi connectivity index (χ0v) is 16.2. The van der Waals surface area contributed by atoms with Crippen molar-refractivity contribution in [3.8, 4) is 5.75 Å². The highest BCUT2D eigenvalue weighted by molar-refractivity contribution is 5.99.